The number of rotatable bonds is 7. The van der Waals surface area contributed by atoms with Gasteiger partial charge in [0.15, 0.2) is 23.0 Å². The number of methoxy groups -OCH3 is 2. The van der Waals surface area contributed by atoms with Gasteiger partial charge in [-0.1, -0.05) is 12.1 Å². The van der Waals surface area contributed by atoms with Crippen molar-refractivity contribution in [3.8, 4) is 23.0 Å². The standard InChI is InChI=1S/C26H32O11/c1-32-18-7-12(3-5-16(18)28)24-14-10-35-25(15(14)11-34-24)13-4-6-17(19(8-13)33-2)36-26-23(31)22(30)21(29)20(9-27)37-26/h3-8,14-15,20-31H,9-11H2,1-2H3/t14-,15+,20-,21+,22+,23+,24-,25+,26+/m0/s1. The Labute approximate surface area is 213 Å². The predicted octanol–water partition coefficient (Wildman–Crippen LogP) is 0.663. The minimum absolute atomic E-state index is 0.0689. The summed E-state index contributed by atoms with van der Waals surface area (Å²) in [6, 6.07) is 10.5. The van der Waals surface area contributed by atoms with Crippen molar-refractivity contribution in [2.45, 2.75) is 42.9 Å². The van der Waals surface area contributed by atoms with Gasteiger partial charge in [0.2, 0.25) is 6.29 Å². The van der Waals surface area contributed by atoms with E-state index >= 15 is 0 Å². The van der Waals surface area contributed by atoms with Gasteiger partial charge in [-0.15, -0.1) is 0 Å². The van der Waals surface area contributed by atoms with E-state index < -0.39 is 37.3 Å². The number of fused-ring (bicyclic) bond motifs is 1. The fourth-order valence-corrected chi connectivity index (χ4v) is 5.35. The summed E-state index contributed by atoms with van der Waals surface area (Å²) in [7, 11) is 2.98. The van der Waals surface area contributed by atoms with Crippen LogP contribution in [0.5, 0.6) is 23.0 Å². The van der Waals surface area contributed by atoms with Gasteiger partial charge in [0.25, 0.3) is 0 Å². The summed E-state index contributed by atoms with van der Waals surface area (Å²) in [6.07, 6.45) is -7.41. The molecule has 3 heterocycles. The second kappa shape index (κ2) is 10.6. The van der Waals surface area contributed by atoms with Crippen LogP contribution in [0.25, 0.3) is 0 Å². The van der Waals surface area contributed by atoms with Crippen molar-refractivity contribution < 1.29 is 54.0 Å². The van der Waals surface area contributed by atoms with Crippen LogP contribution in [-0.4, -0.2) is 90.3 Å². The number of phenolic OH excluding ortho intramolecular Hbond substituents is 1. The lowest BCUT2D eigenvalue weighted by molar-refractivity contribution is -0.277. The number of aliphatic hydroxyl groups is 4. The van der Waals surface area contributed by atoms with Crippen LogP contribution in [0.1, 0.15) is 23.3 Å². The van der Waals surface area contributed by atoms with Crippen LogP contribution < -0.4 is 14.2 Å². The summed E-state index contributed by atoms with van der Waals surface area (Å²) < 4.78 is 34.3. The van der Waals surface area contributed by atoms with Crippen LogP contribution in [0.4, 0.5) is 0 Å². The summed E-state index contributed by atoms with van der Waals surface area (Å²) in [6.45, 7) is 0.436. The van der Waals surface area contributed by atoms with Crippen molar-refractivity contribution >= 4 is 0 Å². The molecule has 3 aliphatic heterocycles. The molecular weight excluding hydrogens is 488 g/mol. The monoisotopic (exact) mass is 520 g/mol. The lowest BCUT2D eigenvalue weighted by Gasteiger charge is -2.39. The molecule has 3 saturated heterocycles. The van der Waals surface area contributed by atoms with E-state index in [0.29, 0.717) is 24.7 Å². The first-order chi connectivity index (χ1) is 17.9. The number of phenols is 1. The maximum Gasteiger partial charge on any atom is 0.229 e. The van der Waals surface area contributed by atoms with Gasteiger partial charge in [-0.05, 0) is 35.4 Å². The van der Waals surface area contributed by atoms with E-state index in [1.165, 1.54) is 14.2 Å². The molecule has 202 valence electrons. The highest BCUT2D eigenvalue weighted by molar-refractivity contribution is 5.45. The van der Waals surface area contributed by atoms with E-state index in [-0.39, 0.29) is 35.5 Å². The lowest BCUT2D eigenvalue weighted by atomic mass is 9.85. The Morgan fingerprint density at radius 3 is 1.97 bits per heavy atom. The van der Waals surface area contributed by atoms with Crippen molar-refractivity contribution in [2.24, 2.45) is 11.8 Å². The van der Waals surface area contributed by atoms with E-state index in [0.717, 1.165) is 11.1 Å². The number of benzene rings is 2. The van der Waals surface area contributed by atoms with E-state index in [4.69, 9.17) is 28.4 Å². The molecule has 2 aromatic carbocycles. The van der Waals surface area contributed by atoms with Gasteiger partial charge < -0.3 is 54.0 Å². The molecule has 3 aliphatic rings. The molecule has 5 rings (SSSR count). The Morgan fingerprint density at radius 1 is 0.784 bits per heavy atom. The van der Waals surface area contributed by atoms with Gasteiger partial charge in [0.05, 0.1) is 46.2 Å². The van der Waals surface area contributed by atoms with Crippen LogP contribution in [-0.2, 0) is 14.2 Å². The zero-order valence-corrected chi connectivity index (χ0v) is 20.5. The Morgan fingerprint density at radius 2 is 1.38 bits per heavy atom. The van der Waals surface area contributed by atoms with Crippen molar-refractivity contribution in [3.05, 3.63) is 47.5 Å². The third-order valence-corrected chi connectivity index (χ3v) is 7.40. The van der Waals surface area contributed by atoms with E-state index in [9.17, 15) is 25.5 Å². The van der Waals surface area contributed by atoms with E-state index in [1.807, 2.05) is 12.1 Å². The predicted molar refractivity (Wildman–Crippen MR) is 126 cm³/mol. The van der Waals surface area contributed by atoms with Crippen LogP contribution in [0.15, 0.2) is 36.4 Å². The first-order valence-corrected chi connectivity index (χ1v) is 12.1. The summed E-state index contributed by atoms with van der Waals surface area (Å²) in [4.78, 5) is 0. The largest absolute Gasteiger partial charge is 0.504 e. The molecule has 37 heavy (non-hydrogen) atoms. The summed E-state index contributed by atoms with van der Waals surface area (Å²) in [5.74, 6) is 1.27. The Bertz CT molecular complexity index is 1090. The third kappa shape index (κ3) is 4.72. The van der Waals surface area contributed by atoms with Crippen LogP contribution in [0.2, 0.25) is 0 Å². The smallest absolute Gasteiger partial charge is 0.229 e. The number of aromatic hydroxyl groups is 1. The van der Waals surface area contributed by atoms with E-state index in [2.05, 4.69) is 0 Å². The van der Waals surface area contributed by atoms with Crippen LogP contribution in [0, 0.1) is 11.8 Å². The summed E-state index contributed by atoms with van der Waals surface area (Å²) in [5, 5.41) is 49.7. The molecule has 0 aliphatic carbocycles. The maximum atomic E-state index is 10.3. The second-order valence-electron chi connectivity index (χ2n) is 9.49. The molecule has 11 heteroatoms. The normalized spacial score (nSPS) is 35.2. The molecule has 0 radical (unpaired) electrons. The fraction of sp³-hybridized carbons (Fsp3) is 0.538. The lowest BCUT2D eigenvalue weighted by Crippen LogP contribution is -2.60. The molecule has 0 unspecified atom stereocenters. The molecule has 0 amide bonds. The quantitative estimate of drug-likeness (QED) is 0.349. The number of hydrogen-bond donors (Lipinski definition) is 5. The van der Waals surface area contributed by atoms with Crippen molar-refractivity contribution in [3.63, 3.8) is 0 Å². The summed E-state index contributed by atoms with van der Waals surface area (Å²) in [5.41, 5.74) is 1.77. The highest BCUT2D eigenvalue weighted by Gasteiger charge is 2.49. The fourth-order valence-electron chi connectivity index (χ4n) is 5.35. The number of aliphatic hydroxyl groups excluding tert-OH is 4. The van der Waals surface area contributed by atoms with Gasteiger partial charge in [-0.2, -0.15) is 0 Å². The van der Waals surface area contributed by atoms with Crippen LogP contribution in [0.3, 0.4) is 0 Å². The first-order valence-electron chi connectivity index (χ1n) is 12.1. The summed E-state index contributed by atoms with van der Waals surface area (Å²) >= 11 is 0. The molecule has 3 fully saturated rings. The molecule has 5 N–H and O–H groups in total. The van der Waals surface area contributed by atoms with Gasteiger partial charge in [-0.3, -0.25) is 0 Å². The van der Waals surface area contributed by atoms with E-state index in [1.54, 1.807) is 24.3 Å². The molecule has 9 atom stereocenters. The zero-order valence-electron chi connectivity index (χ0n) is 20.5. The minimum Gasteiger partial charge on any atom is -0.504 e. The third-order valence-electron chi connectivity index (χ3n) is 7.40. The maximum absolute atomic E-state index is 10.3. The Hall–Kier alpha value is -2.64. The molecule has 0 aromatic heterocycles. The highest BCUT2D eigenvalue weighted by atomic mass is 16.7. The Kier molecular flexibility index (Phi) is 7.46. The number of hydrogen-bond acceptors (Lipinski definition) is 11. The zero-order chi connectivity index (χ0) is 26.3. The second-order valence-corrected chi connectivity index (χ2v) is 9.49. The highest BCUT2D eigenvalue weighted by Crippen LogP contribution is 2.51. The first kappa shape index (κ1) is 26.0. The SMILES string of the molecule is COc1cc([C@@H]2OC[C@@H]3[C@@H]2CO[C@@H]3c2ccc(O[C@@H]3O[C@@H](CO)[C@@H](O)[C@@H](O)[C@H]3O)c(OC)c2)ccc1O. The molecule has 11 nitrogen and oxygen atoms in total. The minimum atomic E-state index is -1.55. The Balaban J connectivity index is 1.32. The molecule has 0 bridgehead atoms. The van der Waals surface area contributed by atoms with Crippen molar-refractivity contribution in [1.29, 1.82) is 0 Å². The molecule has 0 spiro atoms. The topological polar surface area (TPSA) is 157 Å². The molecular formula is C26H32O11. The van der Waals surface area contributed by atoms with Gasteiger partial charge >= 0.3 is 0 Å². The van der Waals surface area contributed by atoms with Gasteiger partial charge in [0.1, 0.15) is 24.4 Å². The van der Waals surface area contributed by atoms with Crippen molar-refractivity contribution in [1.82, 2.24) is 0 Å². The van der Waals surface area contributed by atoms with Gasteiger partial charge in [0, 0.05) is 11.8 Å². The van der Waals surface area contributed by atoms with Crippen LogP contribution >= 0.6 is 0 Å². The van der Waals surface area contributed by atoms with Gasteiger partial charge in [-0.25, -0.2) is 0 Å². The average molecular weight is 521 g/mol. The molecule has 0 saturated carbocycles. The number of ether oxygens (including phenoxy) is 6. The molecule has 2 aromatic rings. The van der Waals surface area contributed by atoms with Crippen molar-refractivity contribution in [2.75, 3.05) is 34.0 Å². The average Bonchev–Trinajstić information content (AvgIpc) is 3.52.